The van der Waals surface area contributed by atoms with Gasteiger partial charge in [-0.3, -0.25) is 10.0 Å². The molecule has 0 N–H and O–H groups in total. The van der Waals surface area contributed by atoms with Crippen LogP contribution in [0.1, 0.15) is 11.1 Å². The zero-order valence-corrected chi connectivity index (χ0v) is 14.3. The van der Waals surface area contributed by atoms with Crippen molar-refractivity contribution in [1.82, 2.24) is 4.90 Å². The lowest BCUT2D eigenvalue weighted by Gasteiger charge is -2.36. The van der Waals surface area contributed by atoms with Gasteiger partial charge in [-0.05, 0) is 29.8 Å². The van der Waals surface area contributed by atoms with Crippen LogP contribution in [0.3, 0.4) is 0 Å². The molecule has 0 aliphatic carbocycles. The van der Waals surface area contributed by atoms with Crippen molar-refractivity contribution in [3.05, 3.63) is 59.7 Å². The molecule has 0 saturated carbocycles. The predicted octanol–water partition coefficient (Wildman–Crippen LogP) is 4.81. The Hall–Kier alpha value is -2.35. The SMILES string of the molecule is [O]c1ccc(N2CCN(Cc3ccccc3C(F)(F)C(F)(F)F)CC2)cc1. The number of nitrogens with zero attached hydrogens (tertiary/aromatic N) is 2. The van der Waals surface area contributed by atoms with Crippen molar-refractivity contribution in [3.63, 3.8) is 0 Å². The Balaban J connectivity index is 1.69. The monoisotopic (exact) mass is 385 g/mol. The van der Waals surface area contributed by atoms with Gasteiger partial charge in [0.25, 0.3) is 0 Å². The van der Waals surface area contributed by atoms with E-state index in [4.69, 9.17) is 0 Å². The fourth-order valence-corrected chi connectivity index (χ4v) is 3.18. The van der Waals surface area contributed by atoms with E-state index in [0.29, 0.717) is 26.2 Å². The molecule has 2 aromatic rings. The fourth-order valence-electron chi connectivity index (χ4n) is 3.18. The van der Waals surface area contributed by atoms with Crippen molar-refractivity contribution >= 4 is 5.69 Å². The Kier molecular flexibility index (Phi) is 5.28. The topological polar surface area (TPSA) is 26.4 Å². The van der Waals surface area contributed by atoms with E-state index in [9.17, 15) is 27.1 Å². The summed E-state index contributed by atoms with van der Waals surface area (Å²) in [7, 11) is 0. The minimum atomic E-state index is -5.63. The normalized spacial score (nSPS) is 16.6. The summed E-state index contributed by atoms with van der Waals surface area (Å²) in [6, 6.07) is 11.2. The van der Waals surface area contributed by atoms with Crippen molar-refractivity contribution in [2.24, 2.45) is 0 Å². The Morgan fingerprint density at radius 1 is 0.815 bits per heavy atom. The molecule has 3 nitrogen and oxygen atoms in total. The van der Waals surface area contributed by atoms with Crippen LogP contribution in [-0.2, 0) is 17.6 Å². The maximum Gasteiger partial charge on any atom is 0.458 e. The van der Waals surface area contributed by atoms with E-state index in [-0.39, 0.29) is 17.9 Å². The van der Waals surface area contributed by atoms with Gasteiger partial charge in [-0.1, -0.05) is 24.3 Å². The molecule has 2 aromatic carbocycles. The lowest BCUT2D eigenvalue weighted by atomic mass is 10.0. The first-order valence-electron chi connectivity index (χ1n) is 8.46. The highest BCUT2D eigenvalue weighted by atomic mass is 19.4. The smallest absolute Gasteiger partial charge is 0.369 e. The van der Waals surface area contributed by atoms with Crippen LogP contribution in [0, 0.1) is 0 Å². The van der Waals surface area contributed by atoms with E-state index in [0.717, 1.165) is 11.8 Å². The number of piperazine rings is 1. The van der Waals surface area contributed by atoms with Gasteiger partial charge in [-0.15, -0.1) is 0 Å². The highest BCUT2D eigenvalue weighted by Crippen LogP contribution is 2.45. The molecule has 0 spiro atoms. The number of alkyl halides is 5. The van der Waals surface area contributed by atoms with Crippen molar-refractivity contribution in [2.75, 3.05) is 31.1 Å². The highest BCUT2D eigenvalue weighted by molar-refractivity contribution is 5.49. The van der Waals surface area contributed by atoms with E-state index in [2.05, 4.69) is 0 Å². The molecule has 8 heteroatoms. The molecule has 1 radical (unpaired) electrons. The van der Waals surface area contributed by atoms with Gasteiger partial charge in [-0.25, -0.2) is 0 Å². The summed E-state index contributed by atoms with van der Waals surface area (Å²) in [4.78, 5) is 3.90. The quantitative estimate of drug-likeness (QED) is 0.707. The van der Waals surface area contributed by atoms with E-state index < -0.39 is 17.7 Å². The van der Waals surface area contributed by atoms with Gasteiger partial charge in [-0.2, -0.15) is 22.0 Å². The van der Waals surface area contributed by atoms with Crippen LogP contribution >= 0.6 is 0 Å². The third-order valence-electron chi connectivity index (χ3n) is 4.68. The molecule has 0 bridgehead atoms. The van der Waals surface area contributed by atoms with Gasteiger partial charge in [0.2, 0.25) is 0 Å². The zero-order valence-electron chi connectivity index (χ0n) is 14.3. The van der Waals surface area contributed by atoms with Gasteiger partial charge in [0.05, 0.1) is 0 Å². The first kappa shape index (κ1) is 19.4. The first-order valence-corrected chi connectivity index (χ1v) is 8.46. The number of benzene rings is 2. The fraction of sp³-hybridized carbons (Fsp3) is 0.368. The van der Waals surface area contributed by atoms with Crippen molar-refractivity contribution in [2.45, 2.75) is 18.6 Å². The molecule has 3 rings (SSSR count). The molecule has 1 saturated heterocycles. The summed E-state index contributed by atoms with van der Waals surface area (Å²) in [6.07, 6.45) is -5.63. The summed E-state index contributed by atoms with van der Waals surface area (Å²) in [5, 5.41) is 11.2. The van der Waals surface area contributed by atoms with Gasteiger partial charge >= 0.3 is 12.1 Å². The van der Waals surface area contributed by atoms with E-state index in [1.165, 1.54) is 30.3 Å². The lowest BCUT2D eigenvalue weighted by Crippen LogP contribution is -2.46. The number of anilines is 1. The molecule has 0 aromatic heterocycles. The van der Waals surface area contributed by atoms with Crippen LogP contribution in [0.4, 0.5) is 27.6 Å². The second-order valence-electron chi connectivity index (χ2n) is 6.49. The second-order valence-corrected chi connectivity index (χ2v) is 6.49. The maximum atomic E-state index is 13.8. The van der Waals surface area contributed by atoms with E-state index in [1.807, 2.05) is 9.80 Å². The molecule has 145 valence electrons. The molecular formula is C19H18F5N2O. The molecule has 0 unspecified atom stereocenters. The third-order valence-corrected chi connectivity index (χ3v) is 4.68. The average Bonchev–Trinajstić information content (AvgIpc) is 2.62. The van der Waals surface area contributed by atoms with Crippen LogP contribution in [0.2, 0.25) is 0 Å². The molecule has 0 atom stereocenters. The van der Waals surface area contributed by atoms with Crippen molar-refractivity contribution in [1.29, 1.82) is 0 Å². The summed E-state index contributed by atoms with van der Waals surface area (Å²) >= 11 is 0. The molecule has 27 heavy (non-hydrogen) atoms. The molecule has 1 aliphatic rings. The van der Waals surface area contributed by atoms with Crippen LogP contribution in [0.5, 0.6) is 5.75 Å². The van der Waals surface area contributed by atoms with Crippen LogP contribution < -0.4 is 4.90 Å². The van der Waals surface area contributed by atoms with Crippen molar-refractivity contribution < 1.29 is 27.1 Å². The minimum absolute atomic E-state index is 0.0230. The largest absolute Gasteiger partial charge is 0.458 e. The Bertz CT molecular complexity index is 768. The van der Waals surface area contributed by atoms with Crippen LogP contribution in [-0.4, -0.2) is 37.3 Å². The Morgan fingerprint density at radius 3 is 2.00 bits per heavy atom. The molecule has 1 heterocycles. The van der Waals surface area contributed by atoms with E-state index >= 15 is 0 Å². The van der Waals surface area contributed by atoms with Gasteiger partial charge in [0, 0.05) is 44.0 Å². The molecular weight excluding hydrogens is 367 g/mol. The Labute approximate surface area is 153 Å². The number of rotatable bonds is 4. The Morgan fingerprint density at radius 2 is 1.41 bits per heavy atom. The van der Waals surface area contributed by atoms with Gasteiger partial charge in [0.1, 0.15) is 0 Å². The number of hydrogen-bond acceptors (Lipinski definition) is 2. The third kappa shape index (κ3) is 4.16. The predicted molar refractivity (Wildman–Crippen MR) is 90.5 cm³/mol. The number of hydrogen-bond donors (Lipinski definition) is 0. The maximum absolute atomic E-state index is 13.8. The molecule has 0 amide bonds. The van der Waals surface area contributed by atoms with Crippen molar-refractivity contribution in [3.8, 4) is 5.75 Å². The summed E-state index contributed by atoms with van der Waals surface area (Å²) in [5.41, 5.74) is -0.131. The summed E-state index contributed by atoms with van der Waals surface area (Å²) in [6.45, 7) is 2.25. The lowest BCUT2D eigenvalue weighted by molar-refractivity contribution is -0.289. The minimum Gasteiger partial charge on any atom is -0.369 e. The van der Waals surface area contributed by atoms with E-state index in [1.54, 1.807) is 12.1 Å². The summed E-state index contributed by atoms with van der Waals surface area (Å²) in [5.74, 6) is -4.97. The highest BCUT2D eigenvalue weighted by Gasteiger charge is 2.59. The van der Waals surface area contributed by atoms with Gasteiger partial charge in [0.15, 0.2) is 5.75 Å². The van der Waals surface area contributed by atoms with Gasteiger partial charge < -0.3 is 4.90 Å². The standard InChI is InChI=1S/C19H18F5N2O/c20-18(21,19(22,23)24)17-4-2-1-3-14(17)13-25-9-11-26(12-10-25)15-5-7-16(27)8-6-15/h1-8H,9-13H2. The molecule has 1 fully saturated rings. The average molecular weight is 385 g/mol. The first-order chi connectivity index (χ1) is 12.7. The van der Waals surface area contributed by atoms with Crippen LogP contribution in [0.25, 0.3) is 0 Å². The number of halogens is 5. The second kappa shape index (κ2) is 7.34. The summed E-state index contributed by atoms with van der Waals surface area (Å²) < 4.78 is 65.9. The van der Waals surface area contributed by atoms with Crippen LogP contribution in [0.15, 0.2) is 48.5 Å². The molecule has 1 aliphatic heterocycles. The zero-order chi connectivity index (χ0) is 19.7.